The smallest absolute Gasteiger partial charge is 0.186 e. The highest BCUT2D eigenvalue weighted by atomic mass is 16.5. The number of carbonyl (C=O) groups is 1. The van der Waals surface area contributed by atoms with E-state index >= 15 is 0 Å². The zero-order chi connectivity index (χ0) is 19.7. The number of ketones is 1. The van der Waals surface area contributed by atoms with Crippen molar-refractivity contribution < 1.29 is 9.53 Å². The second-order valence-electron chi connectivity index (χ2n) is 8.60. The van der Waals surface area contributed by atoms with Crippen molar-refractivity contribution in [2.45, 2.75) is 88.7 Å². The summed E-state index contributed by atoms with van der Waals surface area (Å²) in [7, 11) is 0. The van der Waals surface area contributed by atoms with Crippen LogP contribution in [0, 0.1) is 5.92 Å². The molecule has 1 heterocycles. The molecule has 0 amide bonds. The van der Waals surface area contributed by atoms with E-state index in [0.29, 0.717) is 18.2 Å². The third-order valence-electron chi connectivity index (χ3n) is 6.61. The monoisotopic (exact) mass is 386 g/mol. The van der Waals surface area contributed by atoms with Crippen molar-refractivity contribution in [2.24, 2.45) is 11.7 Å². The zero-order valence-corrected chi connectivity index (χ0v) is 17.3. The Morgan fingerprint density at radius 3 is 2.64 bits per heavy atom. The number of unbranched alkanes of at least 4 members (excludes halogenated alkanes) is 1. The van der Waals surface area contributed by atoms with E-state index in [1.165, 1.54) is 25.7 Å². The quantitative estimate of drug-likeness (QED) is 0.612. The summed E-state index contributed by atoms with van der Waals surface area (Å²) >= 11 is 0. The maximum absolute atomic E-state index is 14.0. The molecule has 3 atom stereocenters. The third kappa shape index (κ3) is 5.36. The second-order valence-corrected chi connectivity index (χ2v) is 8.60. The standard InChI is InChI=1S/C24H38N2O2/c25-18-10-8-16-22(26-21-14-6-4-7-15-21)23(27)24-17-9-3-1-2-5-12-20(24)13-11-19-28-24/h4,6-7,14-15,20,22,26H,1-3,5,8-13,16-19,25H2/t20?,22-,24?/m0/s1. The maximum atomic E-state index is 14.0. The van der Waals surface area contributed by atoms with Gasteiger partial charge in [-0.15, -0.1) is 0 Å². The highest BCUT2D eigenvalue weighted by molar-refractivity contribution is 5.94. The number of fused-ring (bicyclic) bond motifs is 1. The van der Waals surface area contributed by atoms with E-state index in [9.17, 15) is 4.79 Å². The molecule has 3 N–H and O–H groups in total. The summed E-state index contributed by atoms with van der Waals surface area (Å²) in [5, 5.41) is 3.54. The molecule has 1 saturated heterocycles. The summed E-state index contributed by atoms with van der Waals surface area (Å²) in [6.45, 7) is 1.40. The number of rotatable bonds is 8. The van der Waals surface area contributed by atoms with Gasteiger partial charge in [-0.2, -0.15) is 0 Å². The Kier molecular flexibility index (Phi) is 8.35. The number of Topliss-reactive ketones (excluding diaryl/α,β-unsaturated/α-hetero) is 1. The van der Waals surface area contributed by atoms with Gasteiger partial charge >= 0.3 is 0 Å². The lowest BCUT2D eigenvalue weighted by Gasteiger charge is -2.45. The van der Waals surface area contributed by atoms with Gasteiger partial charge < -0.3 is 15.8 Å². The number of para-hydroxylation sites is 1. The minimum atomic E-state index is -0.586. The number of nitrogens with two attached hydrogens (primary N) is 1. The zero-order valence-electron chi connectivity index (χ0n) is 17.3. The van der Waals surface area contributed by atoms with E-state index in [1.54, 1.807) is 0 Å². The van der Waals surface area contributed by atoms with Crippen molar-refractivity contribution in [1.29, 1.82) is 0 Å². The molecule has 156 valence electrons. The van der Waals surface area contributed by atoms with Crippen LogP contribution in [0.15, 0.2) is 30.3 Å². The van der Waals surface area contributed by atoms with Crippen LogP contribution in [0.4, 0.5) is 5.69 Å². The van der Waals surface area contributed by atoms with Gasteiger partial charge in [0.25, 0.3) is 0 Å². The van der Waals surface area contributed by atoms with Crippen LogP contribution >= 0.6 is 0 Å². The molecule has 2 aliphatic rings. The number of nitrogens with one attached hydrogen (secondary N) is 1. The Hall–Kier alpha value is -1.39. The van der Waals surface area contributed by atoms with Gasteiger partial charge in [0.05, 0.1) is 6.04 Å². The van der Waals surface area contributed by atoms with Gasteiger partial charge in [-0.3, -0.25) is 4.79 Å². The molecular weight excluding hydrogens is 348 g/mol. The molecule has 2 unspecified atom stereocenters. The Bertz CT molecular complexity index is 592. The first-order chi connectivity index (χ1) is 13.8. The maximum Gasteiger partial charge on any atom is 0.186 e. The average Bonchev–Trinajstić information content (AvgIpc) is 2.84. The third-order valence-corrected chi connectivity index (χ3v) is 6.61. The molecule has 2 fully saturated rings. The van der Waals surface area contributed by atoms with Gasteiger partial charge in [0.15, 0.2) is 5.78 Å². The van der Waals surface area contributed by atoms with Crippen LogP contribution in [0.1, 0.15) is 77.0 Å². The molecule has 0 bridgehead atoms. The molecular formula is C24H38N2O2. The van der Waals surface area contributed by atoms with Crippen molar-refractivity contribution in [3.63, 3.8) is 0 Å². The van der Waals surface area contributed by atoms with E-state index in [1.807, 2.05) is 30.3 Å². The molecule has 1 aliphatic carbocycles. The minimum Gasteiger partial charge on any atom is -0.375 e. The van der Waals surface area contributed by atoms with Crippen LogP contribution in [-0.4, -0.2) is 30.6 Å². The SMILES string of the molecule is NCCCC[C@H](Nc1ccccc1)C(=O)C12CCCCCCCC1CCCO2. The molecule has 1 aliphatic heterocycles. The largest absolute Gasteiger partial charge is 0.375 e. The van der Waals surface area contributed by atoms with Gasteiger partial charge in [0, 0.05) is 12.3 Å². The van der Waals surface area contributed by atoms with Crippen LogP contribution < -0.4 is 11.1 Å². The molecule has 4 heteroatoms. The van der Waals surface area contributed by atoms with Gasteiger partial charge in [-0.25, -0.2) is 0 Å². The lowest BCUT2D eigenvalue weighted by molar-refractivity contribution is -0.166. The Labute approximate surface area is 170 Å². The number of hydrogen-bond donors (Lipinski definition) is 2. The number of benzene rings is 1. The molecule has 1 saturated carbocycles. The molecule has 0 radical (unpaired) electrons. The van der Waals surface area contributed by atoms with E-state index in [-0.39, 0.29) is 6.04 Å². The molecule has 28 heavy (non-hydrogen) atoms. The topological polar surface area (TPSA) is 64.3 Å². The minimum absolute atomic E-state index is 0.199. The van der Waals surface area contributed by atoms with Gasteiger partial charge in [0.2, 0.25) is 0 Å². The van der Waals surface area contributed by atoms with Crippen LogP contribution in [0.3, 0.4) is 0 Å². The lowest BCUT2D eigenvalue weighted by atomic mass is 9.71. The fourth-order valence-electron chi connectivity index (χ4n) is 5.09. The summed E-state index contributed by atoms with van der Waals surface area (Å²) in [4.78, 5) is 14.0. The van der Waals surface area contributed by atoms with Crippen molar-refractivity contribution in [3.8, 4) is 0 Å². The van der Waals surface area contributed by atoms with Crippen LogP contribution in [0.2, 0.25) is 0 Å². The van der Waals surface area contributed by atoms with Crippen molar-refractivity contribution in [3.05, 3.63) is 30.3 Å². The predicted octanol–water partition coefficient (Wildman–Crippen LogP) is 5.07. The van der Waals surface area contributed by atoms with Gasteiger partial charge in [0.1, 0.15) is 5.60 Å². The van der Waals surface area contributed by atoms with Crippen molar-refractivity contribution >= 4 is 11.5 Å². The summed E-state index contributed by atoms with van der Waals surface area (Å²) in [5.41, 5.74) is 6.15. The van der Waals surface area contributed by atoms with Gasteiger partial charge in [-0.1, -0.05) is 50.3 Å². The molecule has 4 nitrogen and oxygen atoms in total. The number of carbonyl (C=O) groups excluding carboxylic acids is 1. The Morgan fingerprint density at radius 1 is 1.07 bits per heavy atom. The van der Waals surface area contributed by atoms with E-state index in [0.717, 1.165) is 63.7 Å². The van der Waals surface area contributed by atoms with E-state index in [4.69, 9.17) is 10.5 Å². The number of anilines is 1. The van der Waals surface area contributed by atoms with Crippen molar-refractivity contribution in [2.75, 3.05) is 18.5 Å². The Balaban J connectivity index is 1.83. The summed E-state index contributed by atoms with van der Waals surface area (Å²) in [6, 6.07) is 9.93. The van der Waals surface area contributed by atoms with E-state index in [2.05, 4.69) is 5.32 Å². The molecule has 0 spiro atoms. The second kappa shape index (κ2) is 11.0. The predicted molar refractivity (Wildman–Crippen MR) is 115 cm³/mol. The number of ether oxygens (including phenoxy) is 1. The van der Waals surface area contributed by atoms with Gasteiger partial charge in [-0.05, 0) is 69.5 Å². The normalized spacial score (nSPS) is 27.0. The first-order valence-corrected chi connectivity index (χ1v) is 11.5. The Morgan fingerprint density at radius 2 is 1.82 bits per heavy atom. The summed E-state index contributed by atoms with van der Waals surface area (Å²) < 4.78 is 6.43. The van der Waals surface area contributed by atoms with Crippen LogP contribution in [-0.2, 0) is 9.53 Å². The average molecular weight is 387 g/mol. The molecule has 1 aromatic rings. The highest BCUT2D eigenvalue weighted by Crippen LogP contribution is 2.42. The van der Waals surface area contributed by atoms with E-state index < -0.39 is 5.60 Å². The molecule has 1 aromatic carbocycles. The lowest BCUT2D eigenvalue weighted by Crippen LogP contribution is -2.56. The summed E-state index contributed by atoms with van der Waals surface area (Å²) in [6.07, 6.45) is 13.1. The first kappa shape index (κ1) is 21.3. The molecule has 3 rings (SSSR count). The highest BCUT2D eigenvalue weighted by Gasteiger charge is 2.49. The summed E-state index contributed by atoms with van der Waals surface area (Å²) in [5.74, 6) is 0.668. The molecule has 0 aromatic heterocycles. The van der Waals surface area contributed by atoms with Crippen LogP contribution in [0.25, 0.3) is 0 Å². The fourth-order valence-corrected chi connectivity index (χ4v) is 5.09. The first-order valence-electron chi connectivity index (χ1n) is 11.5. The number of hydrogen-bond acceptors (Lipinski definition) is 4. The fraction of sp³-hybridized carbons (Fsp3) is 0.708. The van der Waals surface area contributed by atoms with Crippen molar-refractivity contribution in [1.82, 2.24) is 0 Å². The van der Waals surface area contributed by atoms with Crippen LogP contribution in [0.5, 0.6) is 0 Å².